The van der Waals surface area contributed by atoms with E-state index in [4.69, 9.17) is 4.74 Å². The smallest absolute Gasteiger partial charge is 0.108 e. The number of hydrogen-bond acceptors (Lipinski definition) is 1. The topological polar surface area (TPSA) is 12.5 Å². The minimum absolute atomic E-state index is 0.224. The van der Waals surface area contributed by atoms with Crippen molar-refractivity contribution in [3.05, 3.63) is 11.6 Å². The summed E-state index contributed by atoms with van der Waals surface area (Å²) in [6.07, 6.45) is 7.90. The van der Waals surface area contributed by atoms with Crippen LogP contribution in [0.25, 0.3) is 0 Å². The fourth-order valence-electron chi connectivity index (χ4n) is 2.31. The molecule has 0 radical (unpaired) electrons. The molecular formula is C13H22O. The van der Waals surface area contributed by atoms with Gasteiger partial charge in [0.05, 0.1) is 5.60 Å². The van der Waals surface area contributed by atoms with Gasteiger partial charge in [0.1, 0.15) is 6.10 Å². The van der Waals surface area contributed by atoms with Crippen molar-refractivity contribution in [1.82, 2.24) is 0 Å². The molecule has 0 spiro atoms. The molecule has 2 fully saturated rings. The number of rotatable bonds is 1. The molecule has 14 heavy (non-hydrogen) atoms. The van der Waals surface area contributed by atoms with Crippen molar-refractivity contribution >= 4 is 0 Å². The normalized spacial score (nSPS) is 39.7. The predicted octanol–water partition coefficient (Wildman–Crippen LogP) is 3.69. The highest BCUT2D eigenvalue weighted by molar-refractivity contribution is 5.25. The van der Waals surface area contributed by atoms with E-state index in [1.54, 1.807) is 5.57 Å². The molecule has 1 heteroatoms. The van der Waals surface area contributed by atoms with Gasteiger partial charge in [0.25, 0.3) is 0 Å². The van der Waals surface area contributed by atoms with Crippen molar-refractivity contribution in [3.63, 3.8) is 0 Å². The highest BCUT2D eigenvalue weighted by atomic mass is 16.6. The van der Waals surface area contributed by atoms with Gasteiger partial charge in [0.2, 0.25) is 0 Å². The molecule has 1 aliphatic carbocycles. The summed E-state index contributed by atoms with van der Waals surface area (Å²) in [4.78, 5) is 0. The third-order valence-corrected chi connectivity index (χ3v) is 3.34. The van der Waals surface area contributed by atoms with E-state index in [1.165, 1.54) is 25.7 Å². The van der Waals surface area contributed by atoms with Crippen LogP contribution in [-0.2, 0) is 4.74 Å². The van der Waals surface area contributed by atoms with Gasteiger partial charge in [-0.25, -0.2) is 0 Å². The van der Waals surface area contributed by atoms with Crippen molar-refractivity contribution in [1.29, 1.82) is 0 Å². The van der Waals surface area contributed by atoms with Gasteiger partial charge >= 0.3 is 0 Å². The first-order valence-electron chi connectivity index (χ1n) is 5.77. The summed E-state index contributed by atoms with van der Waals surface area (Å²) in [6, 6.07) is 0. The first-order chi connectivity index (χ1) is 6.41. The fourth-order valence-corrected chi connectivity index (χ4v) is 2.31. The summed E-state index contributed by atoms with van der Waals surface area (Å²) >= 11 is 0. The molecule has 2 atom stereocenters. The number of fused-ring (bicyclic) bond motifs is 1. The molecule has 1 nitrogen and oxygen atoms in total. The van der Waals surface area contributed by atoms with Gasteiger partial charge in [-0.2, -0.15) is 0 Å². The lowest BCUT2D eigenvalue weighted by molar-refractivity contribution is 0.305. The minimum Gasteiger partial charge on any atom is -0.362 e. The zero-order valence-electron chi connectivity index (χ0n) is 9.89. The van der Waals surface area contributed by atoms with E-state index in [9.17, 15) is 0 Å². The van der Waals surface area contributed by atoms with Crippen LogP contribution in [0, 0.1) is 5.41 Å². The first kappa shape index (κ1) is 10.2. The molecule has 1 saturated heterocycles. The molecule has 0 aromatic carbocycles. The average molecular weight is 194 g/mol. The van der Waals surface area contributed by atoms with Crippen molar-refractivity contribution in [2.75, 3.05) is 0 Å². The van der Waals surface area contributed by atoms with E-state index >= 15 is 0 Å². The average Bonchev–Trinajstić information content (AvgIpc) is 2.71. The Labute approximate surface area is 87.5 Å². The molecule has 0 N–H and O–H groups in total. The molecule has 80 valence electrons. The zero-order valence-corrected chi connectivity index (χ0v) is 9.89. The van der Waals surface area contributed by atoms with E-state index in [0.717, 1.165) is 0 Å². The second-order valence-electron chi connectivity index (χ2n) is 6.21. The Bertz CT molecular complexity index is 259. The first-order valence-corrected chi connectivity index (χ1v) is 5.77. The molecular weight excluding hydrogens is 172 g/mol. The third-order valence-electron chi connectivity index (χ3n) is 3.34. The summed E-state index contributed by atoms with van der Waals surface area (Å²) in [5.74, 6) is 0. The predicted molar refractivity (Wildman–Crippen MR) is 59.3 cm³/mol. The van der Waals surface area contributed by atoms with Gasteiger partial charge in [-0.1, -0.05) is 26.8 Å². The Kier molecular flexibility index (Phi) is 2.26. The van der Waals surface area contributed by atoms with Crippen LogP contribution in [0.4, 0.5) is 0 Å². The fraction of sp³-hybridized carbons (Fsp3) is 0.846. The number of allylic oxidation sites excluding steroid dienone is 1. The molecule has 2 aliphatic rings. The van der Waals surface area contributed by atoms with Crippen LogP contribution in [0.2, 0.25) is 0 Å². The van der Waals surface area contributed by atoms with Crippen molar-refractivity contribution < 1.29 is 4.74 Å². The maximum atomic E-state index is 5.77. The standard InChI is InChI=1S/C13H22O/c1-12(2,3)9-7-10-6-5-8-13(4)11(10)14-13/h7,11H,5-6,8-9H2,1-4H3. The Morgan fingerprint density at radius 1 is 1.50 bits per heavy atom. The molecule has 0 bridgehead atoms. The molecule has 2 rings (SSSR count). The summed E-state index contributed by atoms with van der Waals surface area (Å²) in [5.41, 5.74) is 2.20. The van der Waals surface area contributed by atoms with Gasteiger partial charge in [0.15, 0.2) is 0 Å². The molecule has 1 heterocycles. The van der Waals surface area contributed by atoms with E-state index in [1.807, 2.05) is 0 Å². The monoisotopic (exact) mass is 194 g/mol. The van der Waals surface area contributed by atoms with E-state index in [0.29, 0.717) is 11.5 Å². The summed E-state index contributed by atoms with van der Waals surface area (Å²) < 4.78 is 5.77. The third kappa shape index (κ3) is 2.03. The summed E-state index contributed by atoms with van der Waals surface area (Å²) in [5, 5.41) is 0. The molecule has 1 aliphatic heterocycles. The van der Waals surface area contributed by atoms with Crippen molar-refractivity contribution in [3.8, 4) is 0 Å². The van der Waals surface area contributed by atoms with E-state index in [2.05, 4.69) is 33.8 Å². The van der Waals surface area contributed by atoms with Gasteiger partial charge in [-0.15, -0.1) is 0 Å². The quantitative estimate of drug-likeness (QED) is 0.458. The van der Waals surface area contributed by atoms with Crippen LogP contribution < -0.4 is 0 Å². The van der Waals surface area contributed by atoms with Crippen molar-refractivity contribution in [2.24, 2.45) is 5.41 Å². The lowest BCUT2D eigenvalue weighted by Gasteiger charge is -2.19. The Morgan fingerprint density at radius 3 is 2.86 bits per heavy atom. The van der Waals surface area contributed by atoms with Gasteiger partial charge < -0.3 is 4.74 Å². The maximum Gasteiger partial charge on any atom is 0.108 e. The van der Waals surface area contributed by atoms with Crippen molar-refractivity contribution in [2.45, 2.75) is 65.1 Å². The summed E-state index contributed by atoms with van der Waals surface area (Å²) in [6.45, 7) is 9.13. The minimum atomic E-state index is 0.224. The van der Waals surface area contributed by atoms with Gasteiger partial charge in [-0.3, -0.25) is 0 Å². The maximum absolute atomic E-state index is 5.77. The Hall–Kier alpha value is -0.300. The SMILES string of the molecule is CC(C)(C)CC=C1CCCC2(C)OC12. The lowest BCUT2D eigenvalue weighted by Crippen LogP contribution is -2.17. The van der Waals surface area contributed by atoms with E-state index in [-0.39, 0.29) is 5.60 Å². The highest BCUT2D eigenvalue weighted by Gasteiger charge is 2.55. The van der Waals surface area contributed by atoms with Crippen LogP contribution in [0.15, 0.2) is 11.6 Å². The molecule has 2 unspecified atom stereocenters. The van der Waals surface area contributed by atoms with Crippen LogP contribution in [0.1, 0.15) is 53.4 Å². The molecule has 0 amide bonds. The van der Waals surface area contributed by atoms with Crippen LogP contribution >= 0.6 is 0 Å². The number of ether oxygens (including phenoxy) is 1. The highest BCUT2D eigenvalue weighted by Crippen LogP contribution is 2.50. The second kappa shape index (κ2) is 3.10. The van der Waals surface area contributed by atoms with Crippen LogP contribution in [-0.4, -0.2) is 11.7 Å². The molecule has 1 saturated carbocycles. The zero-order chi connectivity index (χ0) is 10.4. The molecule has 0 aromatic rings. The Morgan fingerprint density at radius 2 is 2.21 bits per heavy atom. The Balaban J connectivity index is 1.98. The largest absolute Gasteiger partial charge is 0.362 e. The van der Waals surface area contributed by atoms with Crippen LogP contribution in [0.5, 0.6) is 0 Å². The van der Waals surface area contributed by atoms with Gasteiger partial charge in [-0.05, 0) is 43.6 Å². The number of hydrogen-bond donors (Lipinski definition) is 0. The second-order valence-corrected chi connectivity index (χ2v) is 6.21. The van der Waals surface area contributed by atoms with Crippen LogP contribution in [0.3, 0.4) is 0 Å². The lowest BCUT2D eigenvalue weighted by atomic mass is 9.84. The number of epoxide rings is 1. The van der Waals surface area contributed by atoms with E-state index < -0.39 is 0 Å². The van der Waals surface area contributed by atoms with Gasteiger partial charge in [0, 0.05) is 0 Å². The summed E-state index contributed by atoms with van der Waals surface area (Å²) in [7, 11) is 0. The molecule has 0 aromatic heterocycles.